The number of urea groups is 1. The van der Waals surface area contributed by atoms with Crippen molar-refractivity contribution in [2.45, 2.75) is 32.1 Å². The van der Waals surface area contributed by atoms with Gasteiger partial charge >= 0.3 is 12.2 Å². The molecule has 2 aromatic carbocycles. The van der Waals surface area contributed by atoms with Gasteiger partial charge in [0.1, 0.15) is 11.4 Å². The molecule has 2 aliphatic rings. The number of halogens is 3. The predicted octanol–water partition coefficient (Wildman–Crippen LogP) is 6.16. The number of ether oxygens (including phenoxy) is 1. The molecule has 42 heavy (non-hydrogen) atoms. The Balaban J connectivity index is 1.26. The molecule has 9 nitrogen and oxygen atoms in total. The lowest BCUT2D eigenvalue weighted by molar-refractivity contribution is -0.137. The number of carbonyl (C=O) groups is 1. The number of amides is 2. The van der Waals surface area contributed by atoms with Gasteiger partial charge in [-0.25, -0.2) is 9.78 Å². The monoisotopic (exact) mass is 575 g/mol. The van der Waals surface area contributed by atoms with Gasteiger partial charge in [-0.2, -0.15) is 18.2 Å². The molecular weight excluding hydrogens is 547 g/mol. The summed E-state index contributed by atoms with van der Waals surface area (Å²) in [4.78, 5) is 30.0. The van der Waals surface area contributed by atoms with Gasteiger partial charge in [0.2, 0.25) is 5.95 Å². The van der Waals surface area contributed by atoms with Gasteiger partial charge in [0, 0.05) is 30.2 Å². The lowest BCUT2D eigenvalue weighted by Gasteiger charge is -2.43. The van der Waals surface area contributed by atoms with Crippen LogP contribution in [-0.2, 0) is 23.0 Å². The number of aromatic nitrogens is 3. The summed E-state index contributed by atoms with van der Waals surface area (Å²) >= 11 is 0. The van der Waals surface area contributed by atoms with Crippen LogP contribution in [0.2, 0.25) is 0 Å². The van der Waals surface area contributed by atoms with Crippen LogP contribution in [0.1, 0.15) is 27.9 Å². The van der Waals surface area contributed by atoms with Gasteiger partial charge in [0.05, 0.1) is 42.9 Å². The standard InChI is InChI=1S/C30H28F3N7O2/c1-18-7-9-23(38-29(16-42-17-29)21-5-4-6-22(11-21)30(31,32)33)12-25(18)40-15-20-13-35-27(37-26(20)39(3)28(40)41)36-24-10-8-19(2)34-14-24/h4-14,38H,15-17H2,1-3H3,(H,35,36,37). The second-order valence-electron chi connectivity index (χ2n) is 10.6. The number of pyridine rings is 1. The molecule has 2 aliphatic heterocycles. The molecule has 0 bridgehead atoms. The minimum Gasteiger partial charge on any atom is -0.376 e. The average Bonchev–Trinajstić information content (AvgIpc) is 2.95. The zero-order valence-electron chi connectivity index (χ0n) is 23.2. The zero-order valence-corrected chi connectivity index (χ0v) is 23.2. The molecule has 0 radical (unpaired) electrons. The number of alkyl halides is 3. The molecule has 2 aromatic heterocycles. The van der Waals surface area contributed by atoms with Crippen LogP contribution in [0.15, 0.2) is 67.0 Å². The van der Waals surface area contributed by atoms with Gasteiger partial charge in [-0.05, 0) is 61.4 Å². The third kappa shape index (κ3) is 5.09. The van der Waals surface area contributed by atoms with Crippen LogP contribution in [0.25, 0.3) is 0 Å². The fourth-order valence-corrected chi connectivity index (χ4v) is 5.09. The molecule has 0 saturated carbocycles. The van der Waals surface area contributed by atoms with E-state index in [0.717, 1.165) is 34.6 Å². The van der Waals surface area contributed by atoms with Gasteiger partial charge in [-0.3, -0.25) is 14.8 Å². The first kappa shape index (κ1) is 27.5. The largest absolute Gasteiger partial charge is 0.416 e. The zero-order chi connectivity index (χ0) is 29.6. The van der Waals surface area contributed by atoms with E-state index in [1.54, 1.807) is 30.4 Å². The maximum absolute atomic E-state index is 13.6. The molecule has 0 spiro atoms. The molecule has 4 heterocycles. The first-order valence-electron chi connectivity index (χ1n) is 13.3. The summed E-state index contributed by atoms with van der Waals surface area (Å²) in [7, 11) is 1.66. The highest BCUT2D eigenvalue weighted by atomic mass is 19.4. The Morgan fingerprint density at radius 1 is 0.976 bits per heavy atom. The fourth-order valence-electron chi connectivity index (χ4n) is 5.09. The maximum Gasteiger partial charge on any atom is 0.416 e. The molecular formula is C30H28F3N7O2. The molecule has 0 aliphatic carbocycles. The molecule has 1 saturated heterocycles. The van der Waals surface area contributed by atoms with E-state index in [2.05, 4.69) is 25.6 Å². The molecule has 0 atom stereocenters. The van der Waals surface area contributed by atoms with Crippen LogP contribution in [0.5, 0.6) is 0 Å². The average molecular weight is 576 g/mol. The van der Waals surface area contributed by atoms with Gasteiger partial charge in [-0.1, -0.05) is 18.2 Å². The van der Waals surface area contributed by atoms with E-state index in [1.165, 1.54) is 11.0 Å². The topological polar surface area (TPSA) is 95.5 Å². The third-order valence-electron chi connectivity index (χ3n) is 7.50. The SMILES string of the molecule is Cc1ccc(Nc2ncc3c(n2)N(C)C(=O)N(c2cc(NC4(c5cccc(C(F)(F)F)c5)COC4)ccc2C)C3)cn1. The lowest BCUT2D eigenvalue weighted by Crippen LogP contribution is -2.53. The summed E-state index contributed by atoms with van der Waals surface area (Å²) in [6.07, 6.45) is -1.08. The van der Waals surface area contributed by atoms with Crippen molar-refractivity contribution in [3.63, 3.8) is 0 Å². The normalized spacial score (nSPS) is 16.1. The van der Waals surface area contributed by atoms with Crippen LogP contribution in [0.4, 0.5) is 46.8 Å². The Morgan fingerprint density at radius 3 is 2.45 bits per heavy atom. The Morgan fingerprint density at radius 2 is 1.76 bits per heavy atom. The Bertz CT molecular complexity index is 1660. The van der Waals surface area contributed by atoms with Crippen molar-refractivity contribution in [3.8, 4) is 0 Å². The van der Waals surface area contributed by atoms with Crippen molar-refractivity contribution in [2.75, 3.05) is 40.7 Å². The van der Waals surface area contributed by atoms with Crippen molar-refractivity contribution < 1.29 is 22.7 Å². The summed E-state index contributed by atoms with van der Waals surface area (Å²) in [5.74, 6) is 0.841. The summed E-state index contributed by atoms with van der Waals surface area (Å²) in [6, 6.07) is 14.3. The van der Waals surface area contributed by atoms with Crippen LogP contribution in [-0.4, -0.2) is 41.2 Å². The highest BCUT2D eigenvalue weighted by Gasteiger charge is 2.42. The van der Waals surface area contributed by atoms with Crippen LogP contribution >= 0.6 is 0 Å². The number of fused-ring (bicyclic) bond motifs is 1. The van der Waals surface area contributed by atoms with Gasteiger partial charge in [-0.15, -0.1) is 0 Å². The number of rotatable bonds is 6. The van der Waals surface area contributed by atoms with E-state index in [0.29, 0.717) is 28.7 Å². The second-order valence-corrected chi connectivity index (χ2v) is 10.6. The van der Waals surface area contributed by atoms with E-state index >= 15 is 0 Å². The minimum absolute atomic E-state index is 0.211. The molecule has 2 amide bonds. The number of hydrogen-bond acceptors (Lipinski definition) is 7. The van der Waals surface area contributed by atoms with E-state index in [1.807, 2.05) is 44.2 Å². The summed E-state index contributed by atoms with van der Waals surface area (Å²) in [5.41, 5.74) is 3.49. The molecule has 12 heteroatoms. The van der Waals surface area contributed by atoms with Crippen molar-refractivity contribution in [1.82, 2.24) is 15.0 Å². The third-order valence-corrected chi connectivity index (χ3v) is 7.50. The van der Waals surface area contributed by atoms with Crippen molar-refractivity contribution in [1.29, 1.82) is 0 Å². The lowest BCUT2D eigenvalue weighted by atomic mass is 9.86. The van der Waals surface area contributed by atoms with Gasteiger partial charge < -0.3 is 15.4 Å². The second kappa shape index (κ2) is 10.3. The van der Waals surface area contributed by atoms with Crippen LogP contribution < -0.4 is 20.4 Å². The maximum atomic E-state index is 13.6. The number of carbonyl (C=O) groups excluding carboxylic acids is 1. The molecule has 1 fully saturated rings. The number of hydrogen-bond donors (Lipinski definition) is 2. The Hall–Kier alpha value is -4.71. The highest BCUT2D eigenvalue weighted by Crippen LogP contribution is 2.39. The number of anilines is 5. The van der Waals surface area contributed by atoms with Crippen molar-refractivity contribution in [2.24, 2.45) is 0 Å². The molecule has 2 N–H and O–H groups in total. The Kier molecular flexibility index (Phi) is 6.72. The smallest absolute Gasteiger partial charge is 0.376 e. The molecule has 216 valence electrons. The molecule has 4 aromatic rings. The summed E-state index contributed by atoms with van der Waals surface area (Å²) in [5, 5.41) is 6.51. The molecule has 6 rings (SSSR count). The quantitative estimate of drug-likeness (QED) is 0.284. The van der Waals surface area contributed by atoms with Gasteiger partial charge in [0.25, 0.3) is 0 Å². The number of benzene rings is 2. The minimum atomic E-state index is -4.45. The Labute approximate surface area is 240 Å². The van der Waals surface area contributed by atoms with E-state index in [4.69, 9.17) is 4.74 Å². The molecule has 0 unspecified atom stereocenters. The first-order chi connectivity index (χ1) is 20.0. The predicted molar refractivity (Wildman–Crippen MR) is 153 cm³/mol. The van der Waals surface area contributed by atoms with Crippen LogP contribution in [0.3, 0.4) is 0 Å². The van der Waals surface area contributed by atoms with Crippen molar-refractivity contribution >= 4 is 34.9 Å². The number of nitrogens with one attached hydrogen (secondary N) is 2. The highest BCUT2D eigenvalue weighted by molar-refractivity contribution is 6.05. The number of aryl methyl sites for hydroxylation is 2. The van der Waals surface area contributed by atoms with E-state index < -0.39 is 17.3 Å². The fraction of sp³-hybridized carbons (Fsp3) is 0.267. The first-order valence-corrected chi connectivity index (χ1v) is 13.3. The van der Waals surface area contributed by atoms with Gasteiger partial charge in [0.15, 0.2) is 0 Å². The van der Waals surface area contributed by atoms with E-state index in [-0.39, 0.29) is 25.8 Å². The van der Waals surface area contributed by atoms with Crippen molar-refractivity contribution in [3.05, 3.63) is 94.9 Å². The summed E-state index contributed by atoms with van der Waals surface area (Å²) < 4.78 is 45.7. The van der Waals surface area contributed by atoms with Crippen LogP contribution in [0, 0.1) is 13.8 Å². The van der Waals surface area contributed by atoms with E-state index in [9.17, 15) is 18.0 Å². The summed E-state index contributed by atoms with van der Waals surface area (Å²) in [6.45, 7) is 4.47. The number of nitrogens with zero attached hydrogens (tertiary/aromatic N) is 5.